The maximum atomic E-state index is 12.1. The van der Waals surface area contributed by atoms with Gasteiger partial charge in [-0.15, -0.1) is 12.4 Å². The van der Waals surface area contributed by atoms with Gasteiger partial charge in [0.25, 0.3) is 5.91 Å². The molecule has 124 valence electrons. The summed E-state index contributed by atoms with van der Waals surface area (Å²) in [6, 6.07) is 1.59. The molecule has 8 heteroatoms. The number of fused-ring (bicyclic) bond motifs is 1. The molecule has 0 saturated carbocycles. The number of thiazole rings is 1. The Bertz CT molecular complexity index is 751. The van der Waals surface area contributed by atoms with Gasteiger partial charge in [0.1, 0.15) is 12.0 Å². The van der Waals surface area contributed by atoms with Crippen molar-refractivity contribution >= 4 is 40.6 Å². The van der Waals surface area contributed by atoms with Gasteiger partial charge in [0.15, 0.2) is 10.9 Å². The molecule has 1 aliphatic carbocycles. The standard InChI is InChI=1S/C15H17N3O3S.ClH/c1-15(2)4-10-12(11(19)5-15)22-14(17-10)18-13(20)8-3-9(6-16)21-7-8;/h3,7H,4-6,16H2,1-2H3,(H,17,18,20);1H. The molecular formula is C15H18ClN3O3S. The Kier molecular flexibility index (Phi) is 4.93. The fourth-order valence-electron chi connectivity index (χ4n) is 2.55. The highest BCUT2D eigenvalue weighted by molar-refractivity contribution is 7.17. The van der Waals surface area contributed by atoms with E-state index >= 15 is 0 Å². The first-order valence-corrected chi connectivity index (χ1v) is 7.81. The molecule has 0 unspecified atom stereocenters. The van der Waals surface area contributed by atoms with Crippen molar-refractivity contribution in [1.82, 2.24) is 4.98 Å². The number of rotatable bonds is 3. The Morgan fingerprint density at radius 1 is 1.48 bits per heavy atom. The van der Waals surface area contributed by atoms with E-state index in [1.165, 1.54) is 17.6 Å². The van der Waals surface area contributed by atoms with E-state index in [0.717, 1.165) is 12.1 Å². The summed E-state index contributed by atoms with van der Waals surface area (Å²) >= 11 is 1.23. The average molecular weight is 356 g/mol. The number of aromatic nitrogens is 1. The van der Waals surface area contributed by atoms with Gasteiger partial charge >= 0.3 is 0 Å². The Balaban J connectivity index is 0.00000192. The molecule has 3 N–H and O–H groups in total. The molecule has 0 aliphatic heterocycles. The van der Waals surface area contributed by atoms with Crippen molar-refractivity contribution in [2.75, 3.05) is 5.32 Å². The minimum absolute atomic E-state index is 0. The zero-order valence-electron chi connectivity index (χ0n) is 12.8. The lowest BCUT2D eigenvalue weighted by Crippen LogP contribution is -2.26. The number of hydrogen-bond donors (Lipinski definition) is 2. The Labute approximate surface area is 143 Å². The lowest BCUT2D eigenvalue weighted by molar-refractivity contribution is 0.0915. The average Bonchev–Trinajstić information content (AvgIpc) is 3.03. The molecule has 6 nitrogen and oxygen atoms in total. The quantitative estimate of drug-likeness (QED) is 0.881. The number of carbonyl (C=O) groups is 2. The minimum Gasteiger partial charge on any atom is -0.467 e. The minimum atomic E-state index is -0.318. The van der Waals surface area contributed by atoms with E-state index < -0.39 is 0 Å². The van der Waals surface area contributed by atoms with Crippen LogP contribution in [0.5, 0.6) is 0 Å². The lowest BCUT2D eigenvalue weighted by Gasteiger charge is -2.26. The van der Waals surface area contributed by atoms with Crippen LogP contribution in [0.25, 0.3) is 0 Å². The summed E-state index contributed by atoms with van der Waals surface area (Å²) in [7, 11) is 0. The molecule has 0 aromatic carbocycles. The highest BCUT2D eigenvalue weighted by Crippen LogP contribution is 2.38. The largest absolute Gasteiger partial charge is 0.467 e. The number of nitrogens with one attached hydrogen (secondary N) is 1. The van der Waals surface area contributed by atoms with Gasteiger partial charge in [-0.25, -0.2) is 4.98 Å². The Morgan fingerprint density at radius 2 is 2.22 bits per heavy atom. The predicted octanol–water partition coefficient (Wildman–Crippen LogP) is 3.02. The lowest BCUT2D eigenvalue weighted by atomic mass is 9.78. The van der Waals surface area contributed by atoms with Crippen LogP contribution in [-0.4, -0.2) is 16.7 Å². The van der Waals surface area contributed by atoms with Crippen LogP contribution in [-0.2, 0) is 13.0 Å². The summed E-state index contributed by atoms with van der Waals surface area (Å²) in [5, 5.41) is 3.16. The highest BCUT2D eigenvalue weighted by atomic mass is 35.5. The smallest absolute Gasteiger partial charge is 0.260 e. The second-order valence-corrected chi connectivity index (χ2v) is 7.19. The first kappa shape index (κ1) is 17.7. The molecule has 0 bridgehead atoms. The molecule has 2 aromatic rings. The van der Waals surface area contributed by atoms with E-state index in [9.17, 15) is 9.59 Å². The third kappa shape index (κ3) is 3.63. The highest BCUT2D eigenvalue weighted by Gasteiger charge is 2.34. The van der Waals surface area contributed by atoms with Crippen molar-refractivity contribution < 1.29 is 14.0 Å². The number of hydrogen-bond acceptors (Lipinski definition) is 6. The zero-order valence-corrected chi connectivity index (χ0v) is 14.5. The van der Waals surface area contributed by atoms with Gasteiger partial charge in [-0.3, -0.25) is 14.9 Å². The van der Waals surface area contributed by atoms with Crippen LogP contribution in [0, 0.1) is 5.41 Å². The molecule has 0 radical (unpaired) electrons. The molecular weight excluding hydrogens is 338 g/mol. The number of anilines is 1. The zero-order chi connectivity index (χ0) is 15.9. The monoisotopic (exact) mass is 355 g/mol. The van der Waals surface area contributed by atoms with Gasteiger partial charge in [-0.2, -0.15) is 0 Å². The molecule has 2 heterocycles. The van der Waals surface area contributed by atoms with Gasteiger partial charge in [0.2, 0.25) is 0 Å². The van der Waals surface area contributed by atoms with E-state index in [2.05, 4.69) is 10.3 Å². The van der Waals surface area contributed by atoms with Crippen LogP contribution in [0.2, 0.25) is 0 Å². The second kappa shape index (κ2) is 6.43. The summed E-state index contributed by atoms with van der Waals surface area (Å²) in [6.07, 6.45) is 2.61. The fourth-order valence-corrected chi connectivity index (χ4v) is 3.46. The van der Waals surface area contributed by atoms with Crippen molar-refractivity contribution in [3.05, 3.63) is 34.2 Å². The van der Waals surface area contributed by atoms with Crippen molar-refractivity contribution in [3.63, 3.8) is 0 Å². The number of carbonyl (C=O) groups excluding carboxylic acids is 2. The Hall–Kier alpha value is -1.70. The fraction of sp³-hybridized carbons (Fsp3) is 0.400. The van der Waals surface area contributed by atoms with Gasteiger partial charge < -0.3 is 10.2 Å². The SMILES string of the molecule is CC1(C)CC(=O)c2sc(NC(=O)c3coc(CN)c3)nc2C1.Cl. The number of ketones is 1. The van der Waals surface area contributed by atoms with Crippen molar-refractivity contribution in [1.29, 1.82) is 0 Å². The number of halogens is 1. The number of amides is 1. The maximum absolute atomic E-state index is 12.1. The van der Waals surface area contributed by atoms with Gasteiger partial charge in [0, 0.05) is 6.42 Å². The summed E-state index contributed by atoms with van der Waals surface area (Å²) in [6.45, 7) is 4.33. The van der Waals surface area contributed by atoms with Gasteiger partial charge in [-0.1, -0.05) is 25.2 Å². The first-order valence-electron chi connectivity index (χ1n) is 7.00. The summed E-state index contributed by atoms with van der Waals surface area (Å²) < 4.78 is 5.14. The van der Waals surface area contributed by atoms with E-state index in [4.69, 9.17) is 10.2 Å². The number of Topliss-reactive ketones (excluding diaryl/α,β-unsaturated/α-hetero) is 1. The molecule has 1 aliphatic rings. The molecule has 0 spiro atoms. The predicted molar refractivity (Wildman–Crippen MR) is 90.3 cm³/mol. The molecule has 0 fully saturated rings. The van der Waals surface area contributed by atoms with E-state index in [-0.39, 0.29) is 36.1 Å². The molecule has 0 saturated heterocycles. The first-order chi connectivity index (χ1) is 10.4. The third-order valence-electron chi connectivity index (χ3n) is 3.57. The Morgan fingerprint density at radius 3 is 2.87 bits per heavy atom. The third-order valence-corrected chi connectivity index (χ3v) is 4.63. The molecule has 23 heavy (non-hydrogen) atoms. The van der Waals surface area contributed by atoms with Crippen LogP contribution >= 0.6 is 23.7 Å². The van der Waals surface area contributed by atoms with Crippen LogP contribution in [0.3, 0.4) is 0 Å². The number of furan rings is 1. The van der Waals surface area contributed by atoms with Crippen molar-refractivity contribution in [2.24, 2.45) is 11.1 Å². The second-order valence-electron chi connectivity index (χ2n) is 6.20. The summed E-state index contributed by atoms with van der Waals surface area (Å²) in [4.78, 5) is 29.3. The number of nitrogens with two attached hydrogens (primary N) is 1. The van der Waals surface area contributed by atoms with Gasteiger partial charge in [-0.05, 0) is 17.9 Å². The van der Waals surface area contributed by atoms with Crippen LogP contribution in [0.1, 0.15) is 51.8 Å². The summed E-state index contributed by atoms with van der Waals surface area (Å²) in [5.41, 5.74) is 6.53. The molecule has 3 rings (SSSR count). The maximum Gasteiger partial charge on any atom is 0.260 e. The van der Waals surface area contributed by atoms with Crippen LogP contribution in [0.15, 0.2) is 16.7 Å². The van der Waals surface area contributed by atoms with Crippen molar-refractivity contribution in [2.45, 2.75) is 33.2 Å². The van der Waals surface area contributed by atoms with Crippen LogP contribution in [0.4, 0.5) is 5.13 Å². The summed E-state index contributed by atoms with van der Waals surface area (Å²) in [5.74, 6) is 0.319. The van der Waals surface area contributed by atoms with E-state index in [1.54, 1.807) is 6.07 Å². The van der Waals surface area contributed by atoms with E-state index in [1.807, 2.05) is 13.8 Å². The van der Waals surface area contributed by atoms with Crippen molar-refractivity contribution in [3.8, 4) is 0 Å². The van der Waals surface area contributed by atoms with Gasteiger partial charge in [0.05, 0.1) is 22.7 Å². The number of nitrogens with zero attached hydrogens (tertiary/aromatic N) is 1. The van der Waals surface area contributed by atoms with Crippen LogP contribution < -0.4 is 11.1 Å². The molecule has 1 amide bonds. The molecule has 0 atom stereocenters. The molecule has 2 aromatic heterocycles. The normalized spacial score (nSPS) is 15.7. The van der Waals surface area contributed by atoms with E-state index in [0.29, 0.717) is 27.8 Å². The topological polar surface area (TPSA) is 98.2 Å².